The molecule has 0 unspecified atom stereocenters. The van der Waals surface area contributed by atoms with Crippen molar-refractivity contribution < 1.29 is 13.2 Å². The van der Waals surface area contributed by atoms with Crippen molar-refractivity contribution in [2.75, 3.05) is 41.9 Å². The Morgan fingerprint density at radius 1 is 1.09 bits per heavy atom. The van der Waals surface area contributed by atoms with Crippen molar-refractivity contribution in [2.45, 2.75) is 25.2 Å². The first kappa shape index (κ1) is 23.2. The molecule has 0 radical (unpaired) electrons. The first-order valence-corrected chi connectivity index (χ1v) is 13.2. The van der Waals surface area contributed by atoms with Crippen LogP contribution < -0.4 is 9.21 Å². The Balaban J connectivity index is 1.39. The Hall–Kier alpha value is -2.98. The minimum absolute atomic E-state index is 0.0824. The van der Waals surface area contributed by atoms with Crippen LogP contribution in [0.2, 0.25) is 0 Å². The number of benzene rings is 1. The number of rotatable bonds is 7. The smallest absolute Gasteiger partial charge is 0.265 e. The number of anilines is 2. The maximum atomic E-state index is 13.1. The molecule has 1 aromatic carbocycles. The van der Waals surface area contributed by atoms with Gasteiger partial charge in [-0.1, -0.05) is 18.2 Å². The minimum Gasteiger partial charge on any atom is -0.353 e. The third kappa shape index (κ3) is 5.17. The Labute approximate surface area is 198 Å². The molecule has 0 spiro atoms. The van der Waals surface area contributed by atoms with Gasteiger partial charge in [-0.15, -0.1) is 11.3 Å². The maximum absolute atomic E-state index is 13.1. The van der Waals surface area contributed by atoms with Crippen LogP contribution in [0, 0.1) is 6.92 Å². The van der Waals surface area contributed by atoms with E-state index >= 15 is 0 Å². The highest BCUT2D eigenvalue weighted by Gasteiger charge is 2.26. The first-order valence-electron chi connectivity index (χ1n) is 10.9. The van der Waals surface area contributed by atoms with Crippen molar-refractivity contribution in [3.63, 3.8) is 0 Å². The van der Waals surface area contributed by atoms with Crippen molar-refractivity contribution in [2.24, 2.45) is 0 Å². The summed E-state index contributed by atoms with van der Waals surface area (Å²) in [6.07, 6.45) is 1.75. The Morgan fingerprint density at radius 2 is 1.82 bits per heavy atom. The number of piperazine rings is 1. The summed E-state index contributed by atoms with van der Waals surface area (Å²) in [6.45, 7) is 6.55. The number of thiazole rings is 1. The van der Waals surface area contributed by atoms with Crippen LogP contribution in [0.1, 0.15) is 17.6 Å². The molecule has 0 N–H and O–H groups in total. The average Bonchev–Trinajstić information content (AvgIpc) is 3.24. The molecular formula is C23H27N5O3S2. The zero-order chi connectivity index (χ0) is 23.4. The number of sulfonamides is 1. The fourth-order valence-corrected chi connectivity index (χ4v) is 6.02. The SMILES string of the molecule is CCN(c1ccccc1)S(=O)(=O)c1ccc(N2CCN(C(=O)Cc3nc(C)cs3)CC2)nc1. The van der Waals surface area contributed by atoms with Crippen LogP contribution in [0.25, 0.3) is 0 Å². The highest BCUT2D eigenvalue weighted by molar-refractivity contribution is 7.92. The quantitative estimate of drug-likeness (QED) is 0.511. The maximum Gasteiger partial charge on any atom is 0.265 e. The van der Waals surface area contributed by atoms with Gasteiger partial charge in [0, 0.05) is 50.0 Å². The molecule has 3 heterocycles. The van der Waals surface area contributed by atoms with Gasteiger partial charge in [0.25, 0.3) is 10.0 Å². The first-order chi connectivity index (χ1) is 15.9. The number of carbonyl (C=O) groups excluding carboxylic acids is 1. The Bertz CT molecular complexity index is 1190. The summed E-state index contributed by atoms with van der Waals surface area (Å²) in [5.41, 5.74) is 1.56. The largest absolute Gasteiger partial charge is 0.353 e. The summed E-state index contributed by atoms with van der Waals surface area (Å²) in [4.78, 5) is 25.5. The van der Waals surface area contributed by atoms with Crippen LogP contribution in [0.3, 0.4) is 0 Å². The Morgan fingerprint density at radius 3 is 2.39 bits per heavy atom. The van der Waals surface area contributed by atoms with E-state index < -0.39 is 10.0 Å². The van der Waals surface area contributed by atoms with Gasteiger partial charge in [0.1, 0.15) is 15.7 Å². The average molecular weight is 486 g/mol. The number of aromatic nitrogens is 2. The number of amides is 1. The molecule has 0 atom stereocenters. The number of aryl methyl sites for hydroxylation is 1. The lowest BCUT2D eigenvalue weighted by molar-refractivity contribution is -0.130. The van der Waals surface area contributed by atoms with E-state index in [1.54, 1.807) is 24.3 Å². The number of carbonyl (C=O) groups is 1. The molecule has 0 aliphatic carbocycles. The summed E-state index contributed by atoms with van der Waals surface area (Å²) in [7, 11) is -3.71. The lowest BCUT2D eigenvalue weighted by Gasteiger charge is -2.35. The van der Waals surface area contributed by atoms with Crippen LogP contribution >= 0.6 is 11.3 Å². The zero-order valence-electron chi connectivity index (χ0n) is 18.7. The summed E-state index contributed by atoms with van der Waals surface area (Å²) < 4.78 is 27.7. The van der Waals surface area contributed by atoms with Gasteiger partial charge in [0.15, 0.2) is 0 Å². The summed E-state index contributed by atoms with van der Waals surface area (Å²) in [5.74, 6) is 0.790. The predicted molar refractivity (Wildman–Crippen MR) is 130 cm³/mol. The van der Waals surface area contributed by atoms with Crippen LogP contribution in [0.5, 0.6) is 0 Å². The molecule has 1 aliphatic rings. The van der Waals surface area contributed by atoms with Crippen LogP contribution in [0.15, 0.2) is 58.9 Å². The van der Waals surface area contributed by atoms with E-state index in [4.69, 9.17) is 0 Å². The molecule has 3 aromatic rings. The van der Waals surface area contributed by atoms with Crippen LogP contribution in [0.4, 0.5) is 11.5 Å². The lowest BCUT2D eigenvalue weighted by atomic mass is 10.2. The number of hydrogen-bond acceptors (Lipinski definition) is 7. The van der Waals surface area contributed by atoms with Crippen molar-refractivity contribution in [3.8, 4) is 0 Å². The second-order valence-corrected chi connectivity index (χ2v) is 10.6. The summed E-state index contributed by atoms with van der Waals surface area (Å²) >= 11 is 1.51. The Kier molecular flexibility index (Phi) is 6.94. The molecule has 174 valence electrons. The minimum atomic E-state index is -3.71. The summed E-state index contributed by atoms with van der Waals surface area (Å²) in [5, 5.41) is 2.80. The van der Waals surface area contributed by atoms with Gasteiger partial charge in [-0.3, -0.25) is 9.10 Å². The molecule has 8 nitrogen and oxygen atoms in total. The van der Waals surface area contributed by atoms with E-state index in [-0.39, 0.29) is 10.8 Å². The molecule has 1 fully saturated rings. The number of nitrogens with zero attached hydrogens (tertiary/aromatic N) is 5. The molecule has 2 aromatic heterocycles. The van der Waals surface area contributed by atoms with Crippen LogP contribution in [-0.2, 0) is 21.2 Å². The van der Waals surface area contributed by atoms with E-state index in [2.05, 4.69) is 14.9 Å². The molecule has 10 heteroatoms. The number of para-hydroxylation sites is 1. The molecular weight excluding hydrogens is 458 g/mol. The standard InChI is InChI=1S/C23H27N5O3S2/c1-3-28(19-7-5-4-6-8-19)33(30,31)20-9-10-21(24-16-20)26-11-13-27(14-12-26)23(29)15-22-25-18(2)17-32-22/h4-10,16-17H,3,11-15H2,1-2H3. The fraction of sp³-hybridized carbons (Fsp3) is 0.348. The predicted octanol–water partition coefficient (Wildman–Crippen LogP) is 2.95. The van der Waals surface area contributed by atoms with Gasteiger partial charge in [0.05, 0.1) is 12.1 Å². The molecule has 0 saturated carbocycles. The highest BCUT2D eigenvalue weighted by atomic mass is 32.2. The van der Waals surface area contributed by atoms with E-state index in [0.29, 0.717) is 50.6 Å². The van der Waals surface area contributed by atoms with E-state index in [9.17, 15) is 13.2 Å². The lowest BCUT2D eigenvalue weighted by Crippen LogP contribution is -2.49. The van der Waals surface area contributed by atoms with Gasteiger partial charge in [0.2, 0.25) is 5.91 Å². The van der Waals surface area contributed by atoms with Crippen LogP contribution in [-0.4, -0.2) is 61.9 Å². The molecule has 4 rings (SSSR count). The number of hydrogen-bond donors (Lipinski definition) is 0. The fourth-order valence-electron chi connectivity index (χ4n) is 3.83. The van der Waals surface area contributed by atoms with Gasteiger partial charge >= 0.3 is 0 Å². The monoisotopic (exact) mass is 485 g/mol. The van der Waals surface area contributed by atoms with Crippen molar-refractivity contribution in [3.05, 3.63) is 64.7 Å². The van der Waals surface area contributed by atoms with Crippen molar-refractivity contribution in [1.29, 1.82) is 0 Å². The van der Waals surface area contributed by atoms with E-state index in [1.165, 1.54) is 21.8 Å². The van der Waals surface area contributed by atoms with Gasteiger partial charge in [-0.05, 0) is 38.1 Å². The molecule has 33 heavy (non-hydrogen) atoms. The third-order valence-corrected chi connectivity index (χ3v) is 8.42. The second kappa shape index (κ2) is 9.88. The number of pyridine rings is 1. The molecule has 1 aliphatic heterocycles. The highest BCUT2D eigenvalue weighted by Crippen LogP contribution is 2.24. The normalized spacial score (nSPS) is 14.4. The van der Waals surface area contributed by atoms with E-state index in [0.717, 1.165) is 10.7 Å². The van der Waals surface area contributed by atoms with E-state index in [1.807, 2.05) is 42.3 Å². The van der Waals surface area contributed by atoms with Gasteiger partial charge in [-0.25, -0.2) is 18.4 Å². The summed E-state index contributed by atoms with van der Waals surface area (Å²) in [6, 6.07) is 12.4. The van der Waals surface area contributed by atoms with Gasteiger partial charge in [-0.2, -0.15) is 0 Å². The topological polar surface area (TPSA) is 86.7 Å². The van der Waals surface area contributed by atoms with Gasteiger partial charge < -0.3 is 9.80 Å². The molecule has 1 saturated heterocycles. The molecule has 1 amide bonds. The molecule has 0 bridgehead atoms. The van der Waals surface area contributed by atoms with Crippen molar-refractivity contribution >= 4 is 38.8 Å². The second-order valence-electron chi connectivity index (χ2n) is 7.78. The zero-order valence-corrected chi connectivity index (χ0v) is 20.3. The third-order valence-electron chi connectivity index (χ3n) is 5.57. The van der Waals surface area contributed by atoms with Crippen molar-refractivity contribution in [1.82, 2.24) is 14.9 Å².